The molecule has 0 unspecified atom stereocenters. The van der Waals surface area contributed by atoms with E-state index in [-0.39, 0.29) is 0 Å². The van der Waals surface area contributed by atoms with Gasteiger partial charge in [-0.2, -0.15) is 0 Å². The first kappa shape index (κ1) is 33.5. The molecule has 0 atom stereocenters. The fraction of sp³-hybridized carbons (Fsp3) is 0. The predicted octanol–water partition coefficient (Wildman–Crippen LogP) is 13.9. The van der Waals surface area contributed by atoms with E-state index >= 15 is 0 Å². The molecule has 12 rings (SSSR count). The number of rotatable bonds is 6. The molecule has 0 aliphatic heterocycles. The van der Waals surface area contributed by atoms with E-state index in [2.05, 4.69) is 173 Å². The lowest BCUT2D eigenvalue weighted by Crippen LogP contribution is -2.02. The normalized spacial score (nSPS) is 11.7. The highest BCUT2D eigenvalue weighted by Crippen LogP contribution is 2.44. The third kappa shape index (κ3) is 5.57. The molecule has 0 N–H and O–H groups in total. The topological polar surface area (TPSA) is 48.5 Å². The van der Waals surface area contributed by atoms with Crippen molar-refractivity contribution in [3.8, 4) is 56.7 Å². The third-order valence-corrected chi connectivity index (χ3v) is 12.5. The van der Waals surface area contributed by atoms with Gasteiger partial charge in [-0.05, 0) is 71.8 Å². The summed E-state index contributed by atoms with van der Waals surface area (Å²) in [5.74, 6) is 1.88. The quantitative estimate of drug-likeness (QED) is 0.169. The van der Waals surface area contributed by atoms with E-state index in [0.717, 1.165) is 55.7 Å². The highest BCUT2D eigenvalue weighted by atomic mass is 32.1. The number of fused-ring (bicyclic) bond motifs is 8. The minimum atomic E-state index is 0.616. The fourth-order valence-electron chi connectivity index (χ4n) is 8.63. The van der Waals surface area contributed by atoms with Gasteiger partial charge in [-0.15, -0.1) is 11.3 Å². The van der Waals surface area contributed by atoms with E-state index in [4.69, 9.17) is 15.0 Å². The van der Waals surface area contributed by atoms with E-state index < -0.39 is 0 Å². The molecule has 0 amide bonds. The van der Waals surface area contributed by atoms with Gasteiger partial charge in [0, 0.05) is 70.6 Å². The molecule has 0 radical (unpaired) electrons. The molecular weight excluding hydrogens is 739 g/mol. The molecular formula is C53H33N5S. The van der Waals surface area contributed by atoms with Crippen LogP contribution >= 0.6 is 11.3 Å². The van der Waals surface area contributed by atoms with Crippen LogP contribution in [0.5, 0.6) is 0 Å². The Labute approximate surface area is 343 Å². The molecule has 4 heterocycles. The van der Waals surface area contributed by atoms with Crippen molar-refractivity contribution < 1.29 is 0 Å². The van der Waals surface area contributed by atoms with Crippen LogP contribution in [0, 0.1) is 0 Å². The van der Waals surface area contributed by atoms with Crippen LogP contribution in [0.1, 0.15) is 0 Å². The van der Waals surface area contributed by atoms with Gasteiger partial charge in [0.2, 0.25) is 0 Å². The number of aromatic nitrogens is 5. The Morgan fingerprint density at radius 2 is 0.932 bits per heavy atom. The van der Waals surface area contributed by atoms with Gasteiger partial charge in [0.25, 0.3) is 0 Å². The molecule has 0 spiro atoms. The molecule has 0 bridgehead atoms. The van der Waals surface area contributed by atoms with Crippen molar-refractivity contribution in [3.63, 3.8) is 0 Å². The summed E-state index contributed by atoms with van der Waals surface area (Å²) in [5, 5.41) is 6.18. The molecule has 6 heteroatoms. The summed E-state index contributed by atoms with van der Waals surface area (Å²) < 4.78 is 7.31. The van der Waals surface area contributed by atoms with Gasteiger partial charge in [0.1, 0.15) is 0 Å². The van der Waals surface area contributed by atoms with Crippen molar-refractivity contribution in [3.05, 3.63) is 200 Å². The highest BCUT2D eigenvalue weighted by molar-refractivity contribution is 7.25. The van der Waals surface area contributed by atoms with Crippen LogP contribution in [0.4, 0.5) is 0 Å². The van der Waals surface area contributed by atoms with E-state index in [9.17, 15) is 0 Å². The second-order valence-corrected chi connectivity index (χ2v) is 16.0. The van der Waals surface area contributed by atoms with Gasteiger partial charge in [0.15, 0.2) is 17.5 Å². The maximum atomic E-state index is 5.20. The lowest BCUT2D eigenvalue weighted by Gasteiger charge is -2.15. The van der Waals surface area contributed by atoms with E-state index in [0.29, 0.717) is 17.5 Å². The number of hydrogen-bond acceptors (Lipinski definition) is 4. The van der Waals surface area contributed by atoms with Crippen molar-refractivity contribution in [1.29, 1.82) is 0 Å². The number of para-hydroxylation sites is 1. The number of hydrogen-bond donors (Lipinski definition) is 0. The molecule has 59 heavy (non-hydrogen) atoms. The zero-order chi connectivity index (χ0) is 38.9. The van der Waals surface area contributed by atoms with Crippen molar-refractivity contribution in [2.45, 2.75) is 0 Å². The SMILES string of the molecule is c1ccc(-c2cc(-c3nc(-c4ccccc4)nc(-c4ccccc4)n3)cc(-n3c4cc5sc6ccccc6c5cc4c4ccc5c(ccn5-c5ccccc5)c43)c2)cc1. The Kier molecular flexibility index (Phi) is 7.64. The predicted molar refractivity (Wildman–Crippen MR) is 246 cm³/mol. The second-order valence-electron chi connectivity index (χ2n) is 14.9. The second kappa shape index (κ2) is 13.5. The lowest BCUT2D eigenvalue weighted by molar-refractivity contribution is 1.07. The maximum absolute atomic E-state index is 5.20. The summed E-state index contributed by atoms with van der Waals surface area (Å²) in [7, 11) is 0. The Hall–Kier alpha value is -7.67. The molecule has 0 saturated carbocycles. The first-order valence-corrected chi connectivity index (χ1v) is 20.6. The molecule has 0 aliphatic carbocycles. The summed E-state index contributed by atoms with van der Waals surface area (Å²) in [5.41, 5.74) is 10.6. The van der Waals surface area contributed by atoms with Crippen LogP contribution in [0.25, 0.3) is 110 Å². The van der Waals surface area contributed by atoms with Crippen molar-refractivity contribution in [2.75, 3.05) is 0 Å². The Morgan fingerprint density at radius 3 is 1.63 bits per heavy atom. The van der Waals surface area contributed by atoms with Crippen LogP contribution in [0.2, 0.25) is 0 Å². The van der Waals surface area contributed by atoms with E-state index in [1.54, 1.807) is 0 Å². The van der Waals surface area contributed by atoms with E-state index in [1.807, 2.05) is 47.7 Å². The van der Waals surface area contributed by atoms with Crippen LogP contribution in [-0.2, 0) is 0 Å². The largest absolute Gasteiger partial charge is 0.316 e. The average Bonchev–Trinajstić information content (AvgIpc) is 4.01. The standard InChI is InChI=1S/C53H33N5S/c1-5-15-34(16-6-1)37-29-38(53-55-51(35-17-7-2-8-18-35)54-52(56-53)36-19-9-3-10-20-36)31-40(30-37)58-47-33-49-45(41-23-13-14-24-48(41)59-49)32-44(47)42-25-26-46-43(50(42)58)27-28-57(46)39-21-11-4-12-22-39/h1-33H. The Morgan fingerprint density at radius 1 is 0.339 bits per heavy atom. The van der Waals surface area contributed by atoms with Crippen molar-refractivity contribution in [2.24, 2.45) is 0 Å². The highest BCUT2D eigenvalue weighted by Gasteiger charge is 2.21. The molecule has 8 aromatic carbocycles. The molecule has 0 saturated heterocycles. The average molecular weight is 772 g/mol. The first-order chi connectivity index (χ1) is 29.2. The smallest absolute Gasteiger partial charge is 0.164 e. The molecule has 0 fully saturated rings. The molecule has 4 aromatic heterocycles. The minimum Gasteiger partial charge on any atom is -0.316 e. The van der Waals surface area contributed by atoms with Crippen molar-refractivity contribution >= 4 is 64.2 Å². The number of thiophene rings is 1. The zero-order valence-electron chi connectivity index (χ0n) is 31.7. The Bertz CT molecular complexity index is 3480. The minimum absolute atomic E-state index is 0.616. The summed E-state index contributed by atoms with van der Waals surface area (Å²) in [6, 6.07) is 68.7. The lowest BCUT2D eigenvalue weighted by atomic mass is 10.0. The van der Waals surface area contributed by atoms with Crippen LogP contribution in [-0.4, -0.2) is 24.1 Å². The van der Waals surface area contributed by atoms with Gasteiger partial charge in [-0.25, -0.2) is 15.0 Å². The van der Waals surface area contributed by atoms with Gasteiger partial charge in [-0.1, -0.05) is 133 Å². The van der Waals surface area contributed by atoms with Gasteiger partial charge < -0.3 is 9.13 Å². The van der Waals surface area contributed by atoms with Crippen LogP contribution < -0.4 is 0 Å². The third-order valence-electron chi connectivity index (χ3n) is 11.4. The molecule has 5 nitrogen and oxygen atoms in total. The van der Waals surface area contributed by atoms with Gasteiger partial charge in [0.05, 0.1) is 16.6 Å². The molecule has 276 valence electrons. The van der Waals surface area contributed by atoms with Crippen LogP contribution in [0.3, 0.4) is 0 Å². The number of benzene rings is 8. The van der Waals surface area contributed by atoms with Crippen molar-refractivity contribution in [1.82, 2.24) is 24.1 Å². The monoisotopic (exact) mass is 771 g/mol. The summed E-state index contributed by atoms with van der Waals surface area (Å²) in [6.07, 6.45) is 2.19. The first-order valence-electron chi connectivity index (χ1n) is 19.8. The zero-order valence-corrected chi connectivity index (χ0v) is 32.5. The van der Waals surface area contributed by atoms with E-state index in [1.165, 1.54) is 36.3 Å². The molecule has 0 aliphatic rings. The fourth-order valence-corrected chi connectivity index (χ4v) is 9.75. The summed E-state index contributed by atoms with van der Waals surface area (Å²) in [4.78, 5) is 15.4. The molecule has 12 aromatic rings. The van der Waals surface area contributed by atoms with Crippen LogP contribution in [0.15, 0.2) is 200 Å². The van der Waals surface area contributed by atoms with Gasteiger partial charge >= 0.3 is 0 Å². The summed E-state index contributed by atoms with van der Waals surface area (Å²) >= 11 is 1.85. The Balaban J connectivity index is 1.19. The number of nitrogens with zero attached hydrogens (tertiary/aromatic N) is 5. The van der Waals surface area contributed by atoms with Gasteiger partial charge in [-0.3, -0.25) is 0 Å². The maximum Gasteiger partial charge on any atom is 0.164 e. The summed E-state index contributed by atoms with van der Waals surface area (Å²) in [6.45, 7) is 0.